The van der Waals surface area contributed by atoms with Crippen LogP contribution in [0.4, 0.5) is 5.69 Å². The summed E-state index contributed by atoms with van der Waals surface area (Å²) in [5.41, 5.74) is 17.2. The SMILES string of the molecule is CC1c2c3cccc2-c2cccc(c2-c2ccccc2-3)C1CCC(C)N(c1ccc(-c2ccccc2)cc1)C1CCC2c3ccccc3S[C@@H]2C1. The fourth-order valence-corrected chi connectivity index (χ4v) is 12.1. The molecule has 10 rings (SSSR count). The summed E-state index contributed by atoms with van der Waals surface area (Å²) in [4.78, 5) is 4.37. The molecule has 4 aliphatic rings. The maximum atomic E-state index is 2.85. The van der Waals surface area contributed by atoms with Gasteiger partial charge in [-0.15, -0.1) is 11.8 Å². The second-order valence-corrected chi connectivity index (χ2v) is 16.8. The summed E-state index contributed by atoms with van der Waals surface area (Å²) in [6.45, 7) is 5.04. The Bertz CT molecular complexity index is 2220. The van der Waals surface area contributed by atoms with E-state index in [2.05, 4.69) is 170 Å². The number of hydrogen-bond acceptors (Lipinski definition) is 2. The number of nitrogens with zero attached hydrogens (tertiary/aromatic N) is 1. The van der Waals surface area contributed by atoms with E-state index in [1.54, 1.807) is 16.7 Å². The van der Waals surface area contributed by atoms with Crippen molar-refractivity contribution in [3.8, 4) is 44.5 Å². The van der Waals surface area contributed by atoms with E-state index in [0.717, 1.165) is 6.42 Å². The molecule has 0 saturated heterocycles. The second kappa shape index (κ2) is 12.6. The molecule has 6 atom stereocenters. The molecule has 0 N–H and O–H groups in total. The summed E-state index contributed by atoms with van der Waals surface area (Å²) in [7, 11) is 0. The first-order chi connectivity index (χ1) is 25.1. The van der Waals surface area contributed by atoms with Crippen LogP contribution in [0.2, 0.25) is 0 Å². The molecule has 0 radical (unpaired) electrons. The molecule has 2 heteroatoms. The minimum atomic E-state index is 0.426. The number of anilines is 1. The molecule has 1 aliphatic heterocycles. The largest absolute Gasteiger partial charge is 0.366 e. The van der Waals surface area contributed by atoms with Crippen molar-refractivity contribution in [2.45, 2.75) is 85.9 Å². The van der Waals surface area contributed by atoms with Crippen LogP contribution in [0, 0.1) is 0 Å². The van der Waals surface area contributed by atoms with Crippen LogP contribution in [-0.4, -0.2) is 17.3 Å². The Morgan fingerprint density at radius 1 is 0.627 bits per heavy atom. The van der Waals surface area contributed by atoms with Crippen LogP contribution in [0.15, 0.2) is 144 Å². The molecule has 51 heavy (non-hydrogen) atoms. The third kappa shape index (κ3) is 5.13. The lowest BCUT2D eigenvalue weighted by atomic mass is 9.74. The van der Waals surface area contributed by atoms with Gasteiger partial charge >= 0.3 is 0 Å². The highest BCUT2D eigenvalue weighted by Gasteiger charge is 2.41. The molecule has 1 nitrogen and oxygen atoms in total. The number of fused-ring (bicyclic) bond motifs is 5. The van der Waals surface area contributed by atoms with E-state index in [9.17, 15) is 0 Å². The molecule has 3 aliphatic carbocycles. The molecule has 0 amide bonds. The molecule has 0 aromatic heterocycles. The van der Waals surface area contributed by atoms with Gasteiger partial charge in [-0.2, -0.15) is 0 Å². The maximum Gasteiger partial charge on any atom is 0.0371 e. The monoisotopic (exact) mass is 679 g/mol. The molecule has 252 valence electrons. The summed E-state index contributed by atoms with van der Waals surface area (Å²) >= 11 is 2.15. The maximum absolute atomic E-state index is 2.85. The van der Waals surface area contributed by atoms with E-state index in [4.69, 9.17) is 0 Å². The minimum Gasteiger partial charge on any atom is -0.366 e. The summed E-state index contributed by atoms with van der Waals surface area (Å²) < 4.78 is 0. The van der Waals surface area contributed by atoms with Crippen molar-refractivity contribution in [3.63, 3.8) is 0 Å². The molecular weight excluding hydrogens is 635 g/mol. The quantitative estimate of drug-likeness (QED) is 0.165. The predicted molar refractivity (Wildman–Crippen MR) is 217 cm³/mol. The van der Waals surface area contributed by atoms with Gasteiger partial charge < -0.3 is 4.90 Å². The van der Waals surface area contributed by atoms with Crippen LogP contribution >= 0.6 is 11.8 Å². The van der Waals surface area contributed by atoms with Gasteiger partial charge in [0.05, 0.1) is 0 Å². The fraction of sp³-hybridized carbons (Fsp3) is 0.265. The van der Waals surface area contributed by atoms with E-state index in [-0.39, 0.29) is 0 Å². The third-order valence-electron chi connectivity index (χ3n) is 12.8. The Hall–Kier alpha value is -4.53. The molecule has 5 unspecified atom stereocenters. The van der Waals surface area contributed by atoms with Crippen molar-refractivity contribution < 1.29 is 0 Å². The van der Waals surface area contributed by atoms with Gasteiger partial charge in [0.1, 0.15) is 0 Å². The molecule has 1 saturated carbocycles. The lowest BCUT2D eigenvalue weighted by Crippen LogP contribution is -2.46. The molecule has 0 spiro atoms. The summed E-state index contributed by atoms with van der Waals surface area (Å²) in [6.07, 6.45) is 6.11. The van der Waals surface area contributed by atoms with Gasteiger partial charge in [-0.05, 0) is 136 Å². The van der Waals surface area contributed by atoms with Crippen LogP contribution < -0.4 is 4.90 Å². The average Bonchev–Trinajstić information content (AvgIpc) is 3.51. The summed E-state index contributed by atoms with van der Waals surface area (Å²) in [5, 5.41) is 0.666. The molecular formula is C49H45NS. The van der Waals surface area contributed by atoms with Gasteiger partial charge in [0.25, 0.3) is 0 Å². The lowest BCUT2D eigenvalue weighted by molar-refractivity contribution is 0.359. The Morgan fingerprint density at radius 3 is 2.12 bits per heavy atom. The highest BCUT2D eigenvalue weighted by molar-refractivity contribution is 8.00. The topological polar surface area (TPSA) is 3.24 Å². The first-order valence-electron chi connectivity index (χ1n) is 19.2. The van der Waals surface area contributed by atoms with Gasteiger partial charge in [-0.25, -0.2) is 0 Å². The Labute approximate surface area is 307 Å². The lowest BCUT2D eigenvalue weighted by Gasteiger charge is -2.44. The van der Waals surface area contributed by atoms with E-state index in [1.807, 2.05) is 0 Å². The summed E-state index contributed by atoms with van der Waals surface area (Å²) in [6, 6.07) is 53.9. The Kier molecular flexibility index (Phi) is 7.72. The number of thioether (sulfide) groups is 1. The van der Waals surface area contributed by atoms with E-state index < -0.39 is 0 Å². The third-order valence-corrected chi connectivity index (χ3v) is 14.3. The van der Waals surface area contributed by atoms with Gasteiger partial charge in [0.15, 0.2) is 0 Å². The molecule has 1 heterocycles. The van der Waals surface area contributed by atoms with Gasteiger partial charge in [-0.3, -0.25) is 0 Å². The van der Waals surface area contributed by atoms with Crippen molar-refractivity contribution in [1.29, 1.82) is 0 Å². The Balaban J connectivity index is 0.988. The fourth-order valence-electron chi connectivity index (χ4n) is 10.5. The van der Waals surface area contributed by atoms with Gasteiger partial charge in [-0.1, -0.05) is 128 Å². The molecule has 6 bridgehead atoms. The van der Waals surface area contributed by atoms with Crippen LogP contribution in [0.1, 0.15) is 80.4 Å². The van der Waals surface area contributed by atoms with Crippen LogP contribution in [0.25, 0.3) is 44.5 Å². The molecule has 1 fully saturated rings. The summed E-state index contributed by atoms with van der Waals surface area (Å²) in [5.74, 6) is 1.61. The highest BCUT2D eigenvalue weighted by Crippen LogP contribution is 2.57. The smallest absolute Gasteiger partial charge is 0.0371 e. The van der Waals surface area contributed by atoms with Crippen molar-refractivity contribution in [2.24, 2.45) is 0 Å². The van der Waals surface area contributed by atoms with Crippen molar-refractivity contribution in [2.75, 3.05) is 4.90 Å². The van der Waals surface area contributed by atoms with Crippen molar-refractivity contribution >= 4 is 17.4 Å². The van der Waals surface area contributed by atoms with Gasteiger partial charge in [0.2, 0.25) is 0 Å². The van der Waals surface area contributed by atoms with E-state index in [0.29, 0.717) is 35.1 Å². The number of benzene rings is 6. The minimum absolute atomic E-state index is 0.426. The van der Waals surface area contributed by atoms with Crippen LogP contribution in [0.3, 0.4) is 0 Å². The number of rotatable bonds is 7. The zero-order valence-corrected chi connectivity index (χ0v) is 30.5. The second-order valence-electron chi connectivity index (χ2n) is 15.5. The first-order valence-corrected chi connectivity index (χ1v) is 20.1. The van der Waals surface area contributed by atoms with E-state index >= 15 is 0 Å². The normalized spacial score (nSPS) is 22.7. The van der Waals surface area contributed by atoms with Crippen molar-refractivity contribution in [1.82, 2.24) is 0 Å². The average molecular weight is 680 g/mol. The van der Waals surface area contributed by atoms with Gasteiger partial charge in [0, 0.05) is 27.9 Å². The standard InChI is InChI=1S/C49H45NS/c1-31(22-28-37-32(2)48-42-18-11-19-44(48)45-20-10-17-41(37)49(45)43-16-7-6-14-38(42)43)50(35-25-23-34(24-26-35)33-12-4-3-5-13-33)36-27-29-40-39-15-8-9-21-46(39)51-47(40)30-36/h3-21,23-26,31-32,36-37,40,47H,22,27-30H2,1-2H3/t31?,32?,36?,37?,40?,47-/m1/s1. The Morgan fingerprint density at radius 2 is 1.27 bits per heavy atom. The zero-order chi connectivity index (χ0) is 34.1. The van der Waals surface area contributed by atoms with Crippen LogP contribution in [0.5, 0.6) is 0 Å². The predicted octanol–water partition coefficient (Wildman–Crippen LogP) is 13.4. The highest BCUT2D eigenvalue weighted by atomic mass is 32.2. The molecule has 6 aromatic carbocycles. The van der Waals surface area contributed by atoms with Crippen LogP contribution in [-0.2, 0) is 0 Å². The van der Waals surface area contributed by atoms with Crippen molar-refractivity contribution in [3.05, 3.63) is 156 Å². The zero-order valence-electron chi connectivity index (χ0n) is 29.6. The number of hydrogen-bond donors (Lipinski definition) is 0. The molecule has 6 aromatic rings. The first kappa shape index (κ1) is 31.2. The van der Waals surface area contributed by atoms with E-state index in [1.165, 1.54) is 80.8 Å².